The minimum absolute atomic E-state index is 0.0180. The van der Waals surface area contributed by atoms with Gasteiger partial charge < -0.3 is 5.32 Å². The molecule has 3 rings (SSSR count). The van der Waals surface area contributed by atoms with Crippen molar-refractivity contribution in [2.75, 3.05) is 17.4 Å². The quantitative estimate of drug-likeness (QED) is 0.819. The predicted molar refractivity (Wildman–Crippen MR) is 102 cm³/mol. The van der Waals surface area contributed by atoms with Gasteiger partial charge in [0, 0.05) is 6.54 Å². The van der Waals surface area contributed by atoms with Crippen LogP contribution >= 0.6 is 11.6 Å². The number of hydrogen-bond donors (Lipinski definition) is 1. The van der Waals surface area contributed by atoms with Gasteiger partial charge in [-0.15, -0.1) is 6.42 Å². The summed E-state index contributed by atoms with van der Waals surface area (Å²) >= 11 is 6.07. The maximum Gasteiger partial charge on any atom is 0.264 e. The number of nitrogens with one attached hydrogen (secondary N) is 1. The molecule has 1 aliphatic heterocycles. The summed E-state index contributed by atoms with van der Waals surface area (Å²) in [7, 11) is -3.81. The molecule has 0 atom stereocenters. The fourth-order valence-corrected chi connectivity index (χ4v) is 4.71. The molecule has 2 aromatic rings. The van der Waals surface area contributed by atoms with Crippen LogP contribution in [0.4, 0.5) is 5.69 Å². The number of benzene rings is 2. The molecule has 1 aliphatic rings. The number of fused-ring (bicyclic) bond motifs is 1. The molecule has 0 spiro atoms. The summed E-state index contributed by atoms with van der Waals surface area (Å²) in [5.74, 6) is 1.78. The number of para-hydroxylation sites is 1. The second-order valence-corrected chi connectivity index (χ2v) is 8.11. The highest BCUT2D eigenvalue weighted by Gasteiger charge is 2.29. The number of carbonyl (C=O) groups excluding carboxylic acids is 1. The number of aryl methyl sites for hydroxylation is 1. The van der Waals surface area contributed by atoms with Crippen molar-refractivity contribution in [1.29, 1.82) is 0 Å². The van der Waals surface area contributed by atoms with Crippen LogP contribution < -0.4 is 9.62 Å². The number of sulfonamides is 1. The maximum atomic E-state index is 13.2. The number of terminal acetylenes is 1. The van der Waals surface area contributed by atoms with Crippen LogP contribution in [0, 0.1) is 12.3 Å². The highest BCUT2D eigenvalue weighted by atomic mass is 35.5. The molecular formula is C19H17ClN2O3S. The second-order valence-electron chi connectivity index (χ2n) is 5.84. The lowest BCUT2D eigenvalue weighted by Crippen LogP contribution is -2.35. The monoisotopic (exact) mass is 388 g/mol. The molecular weight excluding hydrogens is 372 g/mol. The van der Waals surface area contributed by atoms with Gasteiger partial charge >= 0.3 is 0 Å². The molecule has 0 fully saturated rings. The van der Waals surface area contributed by atoms with Gasteiger partial charge in [0.25, 0.3) is 15.9 Å². The average Bonchev–Trinajstić information content (AvgIpc) is 2.65. The van der Waals surface area contributed by atoms with E-state index in [1.165, 1.54) is 22.5 Å². The van der Waals surface area contributed by atoms with E-state index in [2.05, 4.69) is 11.2 Å². The normalized spacial score (nSPS) is 13.6. The van der Waals surface area contributed by atoms with E-state index in [0.717, 1.165) is 18.4 Å². The molecule has 0 unspecified atom stereocenters. The van der Waals surface area contributed by atoms with Crippen LogP contribution in [0.25, 0.3) is 0 Å². The third kappa shape index (κ3) is 3.41. The van der Waals surface area contributed by atoms with Gasteiger partial charge in [-0.2, -0.15) is 0 Å². The van der Waals surface area contributed by atoms with Crippen molar-refractivity contribution in [3.63, 3.8) is 0 Å². The van der Waals surface area contributed by atoms with E-state index in [1.807, 2.05) is 18.2 Å². The van der Waals surface area contributed by atoms with Gasteiger partial charge in [0.15, 0.2) is 0 Å². The first kappa shape index (κ1) is 18.3. The molecule has 1 amide bonds. The Morgan fingerprint density at radius 2 is 2.04 bits per heavy atom. The third-order valence-electron chi connectivity index (χ3n) is 4.19. The molecule has 2 aromatic carbocycles. The van der Waals surface area contributed by atoms with Crippen molar-refractivity contribution >= 4 is 33.2 Å². The van der Waals surface area contributed by atoms with E-state index >= 15 is 0 Å². The summed E-state index contributed by atoms with van der Waals surface area (Å²) in [4.78, 5) is 12.2. The summed E-state index contributed by atoms with van der Waals surface area (Å²) in [6.07, 6.45) is 6.71. The van der Waals surface area contributed by atoms with E-state index in [-0.39, 0.29) is 22.0 Å². The molecule has 134 valence electrons. The summed E-state index contributed by atoms with van der Waals surface area (Å²) < 4.78 is 27.7. The van der Waals surface area contributed by atoms with Crippen LogP contribution in [-0.4, -0.2) is 27.4 Å². The fraction of sp³-hybridized carbons (Fsp3) is 0.211. The fourth-order valence-electron chi connectivity index (χ4n) is 2.94. The van der Waals surface area contributed by atoms with Gasteiger partial charge in [-0.05, 0) is 42.7 Å². The topological polar surface area (TPSA) is 66.5 Å². The van der Waals surface area contributed by atoms with Crippen molar-refractivity contribution in [2.45, 2.75) is 17.7 Å². The second kappa shape index (κ2) is 7.40. The molecule has 5 nitrogen and oxygen atoms in total. The average molecular weight is 389 g/mol. The molecule has 1 heterocycles. The van der Waals surface area contributed by atoms with Gasteiger partial charge in [-0.25, -0.2) is 8.42 Å². The molecule has 1 N–H and O–H groups in total. The number of hydrogen-bond acceptors (Lipinski definition) is 3. The Balaban J connectivity index is 2.01. The van der Waals surface area contributed by atoms with E-state index in [1.54, 1.807) is 6.07 Å². The lowest BCUT2D eigenvalue weighted by atomic mass is 10.0. The molecule has 0 saturated carbocycles. The van der Waals surface area contributed by atoms with Crippen molar-refractivity contribution < 1.29 is 13.2 Å². The van der Waals surface area contributed by atoms with Gasteiger partial charge in [-0.3, -0.25) is 9.10 Å². The summed E-state index contributed by atoms with van der Waals surface area (Å²) in [6.45, 7) is 0.423. The number of amides is 1. The van der Waals surface area contributed by atoms with Gasteiger partial charge in [-0.1, -0.05) is 35.7 Å². The highest BCUT2D eigenvalue weighted by Crippen LogP contribution is 2.32. The van der Waals surface area contributed by atoms with Crippen molar-refractivity contribution in [2.24, 2.45) is 0 Å². The zero-order chi connectivity index (χ0) is 18.7. The van der Waals surface area contributed by atoms with Gasteiger partial charge in [0.05, 0.1) is 27.7 Å². The Bertz CT molecular complexity index is 996. The molecule has 0 bridgehead atoms. The smallest absolute Gasteiger partial charge is 0.264 e. The minimum Gasteiger partial charge on any atom is -0.341 e. The van der Waals surface area contributed by atoms with Gasteiger partial charge in [0.2, 0.25) is 0 Å². The Labute approximate surface area is 158 Å². The first-order valence-electron chi connectivity index (χ1n) is 8.07. The largest absolute Gasteiger partial charge is 0.341 e. The zero-order valence-electron chi connectivity index (χ0n) is 13.9. The van der Waals surface area contributed by atoms with Crippen molar-refractivity contribution in [3.05, 3.63) is 58.6 Å². The van der Waals surface area contributed by atoms with Crippen LogP contribution in [0.3, 0.4) is 0 Å². The van der Waals surface area contributed by atoms with E-state index in [9.17, 15) is 13.2 Å². The Hall–Kier alpha value is -2.49. The Morgan fingerprint density at radius 3 is 2.81 bits per heavy atom. The molecule has 0 radical (unpaired) electrons. The van der Waals surface area contributed by atoms with Crippen LogP contribution in [0.15, 0.2) is 47.4 Å². The molecule has 7 heteroatoms. The van der Waals surface area contributed by atoms with Crippen molar-refractivity contribution in [1.82, 2.24) is 5.32 Å². The van der Waals surface area contributed by atoms with Gasteiger partial charge in [0.1, 0.15) is 0 Å². The number of anilines is 1. The molecule has 0 saturated heterocycles. The number of rotatable bonds is 4. The first-order valence-corrected chi connectivity index (χ1v) is 9.89. The predicted octanol–water partition coefficient (Wildman–Crippen LogP) is 2.84. The van der Waals surface area contributed by atoms with Crippen LogP contribution in [0.5, 0.6) is 0 Å². The molecule has 0 aliphatic carbocycles. The number of halogens is 1. The maximum absolute atomic E-state index is 13.2. The lowest BCUT2D eigenvalue weighted by Gasteiger charge is -2.30. The number of nitrogens with zero attached hydrogens (tertiary/aromatic N) is 1. The first-order chi connectivity index (χ1) is 12.4. The number of carbonyl (C=O) groups is 1. The minimum atomic E-state index is -3.81. The Morgan fingerprint density at radius 1 is 1.27 bits per heavy atom. The zero-order valence-corrected chi connectivity index (χ0v) is 15.5. The third-order valence-corrected chi connectivity index (χ3v) is 6.33. The van der Waals surface area contributed by atoms with Crippen LogP contribution in [0.2, 0.25) is 5.02 Å². The summed E-state index contributed by atoms with van der Waals surface area (Å²) in [5.41, 5.74) is 1.74. The molecule has 0 aromatic heterocycles. The van der Waals surface area contributed by atoms with E-state index < -0.39 is 15.9 Å². The van der Waals surface area contributed by atoms with Crippen molar-refractivity contribution in [3.8, 4) is 12.3 Å². The Kier molecular flexibility index (Phi) is 5.21. The van der Waals surface area contributed by atoms with E-state index in [4.69, 9.17) is 18.0 Å². The van der Waals surface area contributed by atoms with E-state index in [0.29, 0.717) is 12.2 Å². The van der Waals surface area contributed by atoms with Crippen LogP contribution in [0.1, 0.15) is 22.3 Å². The SMILES string of the molecule is C#CCNC(=O)c1cc(S(=O)(=O)N2CCCc3ccccc32)ccc1Cl. The summed E-state index contributed by atoms with van der Waals surface area (Å²) in [6, 6.07) is 11.5. The molecule has 26 heavy (non-hydrogen) atoms. The highest BCUT2D eigenvalue weighted by molar-refractivity contribution is 7.92. The lowest BCUT2D eigenvalue weighted by molar-refractivity contribution is 0.0958. The van der Waals surface area contributed by atoms with Crippen LogP contribution in [-0.2, 0) is 16.4 Å². The standard InChI is InChI=1S/C19H17ClN2O3S/c1-2-11-21-19(23)16-13-15(9-10-17(16)20)26(24,25)22-12-5-7-14-6-3-4-8-18(14)22/h1,3-4,6,8-10,13H,5,7,11-12H2,(H,21,23). The summed E-state index contributed by atoms with van der Waals surface area (Å²) in [5, 5.41) is 2.66.